The van der Waals surface area contributed by atoms with Gasteiger partial charge in [-0.1, -0.05) is 0 Å². The van der Waals surface area contributed by atoms with Crippen LogP contribution in [0.5, 0.6) is 0 Å². The van der Waals surface area contributed by atoms with Crippen molar-refractivity contribution in [3.63, 3.8) is 0 Å². The minimum absolute atomic E-state index is 0.229. The van der Waals surface area contributed by atoms with Crippen molar-refractivity contribution in [3.05, 3.63) is 24.3 Å². The highest BCUT2D eigenvalue weighted by Crippen LogP contribution is 2.21. The van der Waals surface area contributed by atoms with E-state index < -0.39 is 11.7 Å². The molecule has 1 aliphatic heterocycles. The number of ether oxygens (including phenoxy) is 1. The molecule has 152 valence electrons. The summed E-state index contributed by atoms with van der Waals surface area (Å²) in [7, 11) is 0. The molecule has 2 unspecified atom stereocenters. The molecule has 1 aromatic carbocycles. The van der Waals surface area contributed by atoms with Crippen LogP contribution in [0.2, 0.25) is 0 Å². The highest BCUT2D eigenvalue weighted by atomic mass is 16.6. The Morgan fingerprint density at radius 2 is 1.89 bits per heavy atom. The van der Waals surface area contributed by atoms with E-state index in [9.17, 15) is 9.90 Å². The Kier molecular flexibility index (Phi) is 7.74. The van der Waals surface area contributed by atoms with Gasteiger partial charge < -0.3 is 30.5 Å². The van der Waals surface area contributed by atoms with Gasteiger partial charge >= 0.3 is 6.09 Å². The fraction of sp³-hybridized carbons (Fsp3) is 0.650. The molecule has 7 heteroatoms. The minimum Gasteiger partial charge on any atom is -0.444 e. The summed E-state index contributed by atoms with van der Waals surface area (Å²) >= 11 is 0. The van der Waals surface area contributed by atoms with E-state index in [1.54, 1.807) is 4.90 Å². The van der Waals surface area contributed by atoms with Crippen LogP contribution in [0.1, 0.15) is 33.6 Å². The summed E-state index contributed by atoms with van der Waals surface area (Å²) in [6, 6.07) is 7.81. The molecule has 1 saturated heterocycles. The fourth-order valence-electron chi connectivity index (χ4n) is 2.99. The van der Waals surface area contributed by atoms with Gasteiger partial charge in [-0.2, -0.15) is 0 Å². The molecule has 0 saturated carbocycles. The molecule has 0 aliphatic carbocycles. The van der Waals surface area contributed by atoms with Crippen LogP contribution in [0.15, 0.2) is 24.3 Å². The van der Waals surface area contributed by atoms with E-state index in [1.165, 1.54) is 0 Å². The maximum atomic E-state index is 12.2. The number of hydrogen-bond acceptors (Lipinski definition) is 6. The Morgan fingerprint density at radius 3 is 2.48 bits per heavy atom. The summed E-state index contributed by atoms with van der Waals surface area (Å²) in [5.41, 5.74) is 1.44. The van der Waals surface area contributed by atoms with E-state index >= 15 is 0 Å². The standard InChI is InChI=1S/C20H33N3O4/c1-20(2,3)27-19(26)23-10-4-5-15(13-23)11-21-16-6-8-17(9-7-16)22-12-18(25)14-24/h6-9,15,18,21-22,24-25H,4-5,10-14H2,1-3H3. The molecule has 1 aliphatic rings. The van der Waals surface area contributed by atoms with Crippen LogP contribution in [-0.2, 0) is 4.74 Å². The number of hydrogen-bond donors (Lipinski definition) is 4. The van der Waals surface area contributed by atoms with Gasteiger partial charge in [-0.3, -0.25) is 0 Å². The number of carbonyl (C=O) groups is 1. The van der Waals surface area contributed by atoms with Gasteiger partial charge in [-0.05, 0) is 63.8 Å². The third kappa shape index (κ3) is 7.64. The Labute approximate surface area is 161 Å². The smallest absolute Gasteiger partial charge is 0.410 e. The predicted octanol–water partition coefficient (Wildman–Crippen LogP) is 2.51. The Bertz CT molecular complexity index is 586. The quantitative estimate of drug-likeness (QED) is 0.582. The molecule has 1 amide bonds. The van der Waals surface area contributed by atoms with Gasteiger partial charge in [-0.15, -0.1) is 0 Å². The number of piperidine rings is 1. The average molecular weight is 380 g/mol. The van der Waals surface area contributed by atoms with Crippen LogP contribution in [0.25, 0.3) is 0 Å². The first-order valence-corrected chi connectivity index (χ1v) is 9.61. The van der Waals surface area contributed by atoms with Crippen molar-refractivity contribution in [2.24, 2.45) is 5.92 Å². The summed E-state index contributed by atoms with van der Waals surface area (Å²) in [6.07, 6.45) is 1.09. The molecule has 2 rings (SSSR count). The zero-order chi connectivity index (χ0) is 19.9. The Balaban J connectivity index is 1.77. The first-order chi connectivity index (χ1) is 12.8. The van der Waals surface area contributed by atoms with Crippen LogP contribution in [0.4, 0.5) is 16.2 Å². The topological polar surface area (TPSA) is 94.1 Å². The van der Waals surface area contributed by atoms with E-state index in [-0.39, 0.29) is 12.7 Å². The van der Waals surface area contributed by atoms with Gasteiger partial charge in [0.1, 0.15) is 5.60 Å². The second kappa shape index (κ2) is 9.80. The summed E-state index contributed by atoms with van der Waals surface area (Å²) in [5.74, 6) is 0.392. The Morgan fingerprint density at radius 1 is 1.26 bits per heavy atom. The number of likely N-dealkylation sites (tertiary alicyclic amines) is 1. The molecule has 2 atom stereocenters. The highest BCUT2D eigenvalue weighted by Gasteiger charge is 2.27. The van der Waals surface area contributed by atoms with Crippen molar-refractivity contribution in [3.8, 4) is 0 Å². The highest BCUT2D eigenvalue weighted by molar-refractivity contribution is 5.68. The zero-order valence-corrected chi connectivity index (χ0v) is 16.6. The number of nitrogens with zero attached hydrogens (tertiary/aromatic N) is 1. The normalized spacial score (nSPS) is 18.7. The summed E-state index contributed by atoms with van der Waals surface area (Å²) in [5, 5.41) is 24.7. The largest absolute Gasteiger partial charge is 0.444 e. The maximum Gasteiger partial charge on any atom is 0.410 e. The van der Waals surface area contributed by atoms with Gasteiger partial charge in [0.15, 0.2) is 0 Å². The number of anilines is 2. The van der Waals surface area contributed by atoms with E-state index in [0.29, 0.717) is 19.0 Å². The van der Waals surface area contributed by atoms with Gasteiger partial charge in [0.2, 0.25) is 0 Å². The van der Waals surface area contributed by atoms with Crippen molar-refractivity contribution in [2.75, 3.05) is 43.4 Å². The molecule has 0 spiro atoms. The monoisotopic (exact) mass is 379 g/mol. The van der Waals surface area contributed by atoms with Crippen molar-refractivity contribution in [2.45, 2.75) is 45.3 Å². The van der Waals surface area contributed by atoms with Crippen LogP contribution in [0, 0.1) is 5.92 Å². The molecule has 1 heterocycles. The van der Waals surface area contributed by atoms with Crippen molar-refractivity contribution in [1.29, 1.82) is 0 Å². The van der Waals surface area contributed by atoms with E-state index in [4.69, 9.17) is 9.84 Å². The van der Waals surface area contributed by atoms with Gasteiger partial charge in [0.25, 0.3) is 0 Å². The Hall–Kier alpha value is -1.99. The minimum atomic E-state index is -0.762. The van der Waals surface area contributed by atoms with Crippen molar-refractivity contribution < 1.29 is 19.7 Å². The second-order valence-corrected chi connectivity index (χ2v) is 8.11. The van der Waals surface area contributed by atoms with E-state index in [2.05, 4.69) is 10.6 Å². The van der Waals surface area contributed by atoms with Crippen LogP contribution in [0.3, 0.4) is 0 Å². The lowest BCUT2D eigenvalue weighted by Gasteiger charge is -2.34. The molecule has 4 N–H and O–H groups in total. The molecule has 7 nitrogen and oxygen atoms in total. The summed E-state index contributed by atoms with van der Waals surface area (Å²) in [4.78, 5) is 14.1. The average Bonchev–Trinajstić information content (AvgIpc) is 2.64. The van der Waals surface area contributed by atoms with Gasteiger partial charge in [0.05, 0.1) is 12.7 Å². The SMILES string of the molecule is CC(C)(C)OC(=O)N1CCCC(CNc2ccc(NCC(O)CO)cc2)C1. The van der Waals surface area contributed by atoms with Gasteiger partial charge in [0, 0.05) is 37.6 Å². The van der Waals surface area contributed by atoms with E-state index in [1.807, 2.05) is 45.0 Å². The zero-order valence-electron chi connectivity index (χ0n) is 16.6. The molecular formula is C20H33N3O4. The number of amides is 1. The van der Waals surface area contributed by atoms with Gasteiger partial charge in [-0.25, -0.2) is 4.79 Å². The van der Waals surface area contributed by atoms with E-state index in [0.717, 1.165) is 37.3 Å². The molecule has 0 aromatic heterocycles. The first kappa shape index (κ1) is 21.3. The third-order valence-electron chi connectivity index (χ3n) is 4.40. The van der Waals surface area contributed by atoms with Crippen molar-refractivity contribution in [1.82, 2.24) is 4.90 Å². The molecule has 27 heavy (non-hydrogen) atoms. The number of nitrogens with one attached hydrogen (secondary N) is 2. The molecule has 0 radical (unpaired) electrons. The number of benzene rings is 1. The summed E-state index contributed by atoms with van der Waals surface area (Å²) < 4.78 is 5.48. The predicted molar refractivity (Wildman–Crippen MR) is 107 cm³/mol. The lowest BCUT2D eigenvalue weighted by Crippen LogP contribution is -2.44. The summed E-state index contributed by atoms with van der Waals surface area (Å²) in [6.45, 7) is 7.98. The maximum absolute atomic E-state index is 12.2. The first-order valence-electron chi connectivity index (χ1n) is 9.61. The lowest BCUT2D eigenvalue weighted by molar-refractivity contribution is 0.0172. The number of aliphatic hydroxyl groups excluding tert-OH is 2. The fourth-order valence-corrected chi connectivity index (χ4v) is 2.99. The lowest BCUT2D eigenvalue weighted by atomic mass is 9.98. The third-order valence-corrected chi connectivity index (χ3v) is 4.40. The molecule has 0 bridgehead atoms. The van der Waals surface area contributed by atoms with Crippen LogP contribution in [-0.4, -0.2) is 65.7 Å². The molecular weight excluding hydrogens is 346 g/mol. The number of aliphatic hydroxyl groups is 2. The molecule has 1 fully saturated rings. The van der Waals surface area contributed by atoms with Crippen LogP contribution < -0.4 is 10.6 Å². The van der Waals surface area contributed by atoms with Crippen molar-refractivity contribution >= 4 is 17.5 Å². The number of rotatable bonds is 7. The van der Waals surface area contributed by atoms with Crippen LogP contribution >= 0.6 is 0 Å². The second-order valence-electron chi connectivity index (χ2n) is 8.11. The number of carbonyl (C=O) groups excluding carboxylic acids is 1. The molecule has 1 aromatic rings.